The third-order valence-corrected chi connectivity index (χ3v) is 5.78. The number of hydrogen-bond donors (Lipinski definition) is 2. The van der Waals surface area contributed by atoms with Crippen LogP contribution in [-0.2, 0) is 27.2 Å². The maximum Gasteiger partial charge on any atom is 0.285 e. The van der Waals surface area contributed by atoms with Crippen molar-refractivity contribution in [3.05, 3.63) is 35.4 Å². The number of benzene rings is 1. The third-order valence-electron chi connectivity index (χ3n) is 5.78. The van der Waals surface area contributed by atoms with Crippen LogP contribution in [-0.4, -0.2) is 40.4 Å². The molecule has 3 N–H and O–H groups in total. The van der Waals surface area contributed by atoms with Gasteiger partial charge in [-0.3, -0.25) is 0 Å². The largest absolute Gasteiger partial charge is 0.331 e. The molecule has 1 rings (SSSR count). The minimum Gasteiger partial charge on any atom is -0.331 e. The molecule has 0 radical (unpaired) electrons. The Kier molecular flexibility index (Phi) is 14.2. The van der Waals surface area contributed by atoms with Crippen molar-refractivity contribution in [2.24, 2.45) is 11.7 Å². The Morgan fingerprint density at radius 2 is 1.52 bits per heavy atom. The van der Waals surface area contributed by atoms with Gasteiger partial charge in [0.15, 0.2) is 0 Å². The van der Waals surface area contributed by atoms with Crippen LogP contribution in [0.15, 0.2) is 24.3 Å². The molecule has 0 heterocycles. The molecule has 0 saturated carbocycles. The minimum atomic E-state index is -0.976. The number of nitrogens with one attached hydrogen (secondary N) is 1. The van der Waals surface area contributed by atoms with Crippen molar-refractivity contribution < 1.29 is 14.2 Å². The van der Waals surface area contributed by atoms with Crippen molar-refractivity contribution >= 4 is 0 Å². The second-order valence-electron chi connectivity index (χ2n) is 7.74. The lowest BCUT2D eigenvalue weighted by atomic mass is 9.90. The summed E-state index contributed by atoms with van der Waals surface area (Å²) >= 11 is 0. The Labute approximate surface area is 178 Å². The Morgan fingerprint density at radius 3 is 2.14 bits per heavy atom. The maximum atomic E-state index is 5.72. The standard InChI is InChI=1S/C24H44N2O3/c1-5-6-7-8-9-10-15-23(24(27-2,28-3)29-4)17-16-21-13-11-12-14-22(21)20-26-19-18-25/h11-14,23,26H,5-10,15-20,25H2,1-4H3. The summed E-state index contributed by atoms with van der Waals surface area (Å²) in [7, 11) is 5.02. The van der Waals surface area contributed by atoms with Crippen LogP contribution in [0.3, 0.4) is 0 Å². The lowest BCUT2D eigenvalue weighted by Gasteiger charge is -2.36. The van der Waals surface area contributed by atoms with Crippen molar-refractivity contribution in [1.29, 1.82) is 0 Å². The highest BCUT2D eigenvalue weighted by Crippen LogP contribution is 2.32. The van der Waals surface area contributed by atoms with Gasteiger partial charge in [0.25, 0.3) is 5.97 Å². The average molecular weight is 409 g/mol. The Balaban J connectivity index is 2.74. The van der Waals surface area contributed by atoms with Crippen LogP contribution < -0.4 is 11.1 Å². The molecule has 1 atom stereocenters. The summed E-state index contributed by atoms with van der Waals surface area (Å²) in [5.74, 6) is -0.797. The molecule has 0 spiro atoms. The van der Waals surface area contributed by atoms with Crippen LogP contribution >= 0.6 is 0 Å². The Hall–Kier alpha value is -0.980. The van der Waals surface area contributed by atoms with Crippen LogP contribution in [0.5, 0.6) is 0 Å². The van der Waals surface area contributed by atoms with E-state index < -0.39 is 5.97 Å². The summed E-state index contributed by atoms with van der Waals surface area (Å²) < 4.78 is 17.2. The first-order valence-corrected chi connectivity index (χ1v) is 11.3. The molecule has 1 aromatic rings. The van der Waals surface area contributed by atoms with E-state index in [9.17, 15) is 0 Å². The Morgan fingerprint density at radius 1 is 0.897 bits per heavy atom. The minimum absolute atomic E-state index is 0.179. The second-order valence-corrected chi connectivity index (χ2v) is 7.74. The van der Waals surface area contributed by atoms with Gasteiger partial charge in [-0.25, -0.2) is 0 Å². The van der Waals surface area contributed by atoms with Crippen LogP contribution in [0.4, 0.5) is 0 Å². The van der Waals surface area contributed by atoms with Gasteiger partial charge in [-0.1, -0.05) is 69.7 Å². The smallest absolute Gasteiger partial charge is 0.285 e. The van der Waals surface area contributed by atoms with Gasteiger partial charge >= 0.3 is 0 Å². The highest BCUT2D eigenvalue weighted by atomic mass is 16.9. The van der Waals surface area contributed by atoms with E-state index in [-0.39, 0.29) is 5.92 Å². The monoisotopic (exact) mass is 408 g/mol. The first kappa shape index (κ1) is 26.1. The van der Waals surface area contributed by atoms with E-state index in [2.05, 4.69) is 36.5 Å². The second kappa shape index (κ2) is 15.8. The molecule has 0 aliphatic carbocycles. The molecule has 5 heteroatoms. The van der Waals surface area contributed by atoms with Crippen molar-refractivity contribution in [3.63, 3.8) is 0 Å². The van der Waals surface area contributed by atoms with Crippen LogP contribution in [0, 0.1) is 5.92 Å². The molecule has 0 fully saturated rings. The quantitative estimate of drug-likeness (QED) is 0.274. The predicted octanol–water partition coefficient (Wildman–Crippen LogP) is 4.63. The molecule has 0 aliphatic rings. The van der Waals surface area contributed by atoms with Gasteiger partial charge in [-0.2, -0.15) is 0 Å². The predicted molar refractivity (Wildman–Crippen MR) is 121 cm³/mol. The molecule has 1 aromatic carbocycles. The van der Waals surface area contributed by atoms with Crippen molar-refractivity contribution in [3.8, 4) is 0 Å². The molecular weight excluding hydrogens is 364 g/mol. The van der Waals surface area contributed by atoms with E-state index in [1.54, 1.807) is 21.3 Å². The van der Waals surface area contributed by atoms with E-state index in [1.165, 1.54) is 49.7 Å². The fourth-order valence-electron chi connectivity index (χ4n) is 4.05. The average Bonchev–Trinajstić information content (AvgIpc) is 2.76. The van der Waals surface area contributed by atoms with Gasteiger partial charge in [-0.05, 0) is 30.4 Å². The molecule has 0 aromatic heterocycles. The third kappa shape index (κ3) is 9.14. The maximum absolute atomic E-state index is 5.72. The van der Waals surface area contributed by atoms with Crippen molar-refractivity contribution in [2.75, 3.05) is 34.4 Å². The molecule has 0 saturated heterocycles. The zero-order chi connectivity index (χ0) is 21.4. The topological polar surface area (TPSA) is 65.7 Å². The number of aryl methyl sites for hydroxylation is 1. The number of ether oxygens (including phenoxy) is 3. The van der Waals surface area contributed by atoms with Gasteiger partial charge in [0.05, 0.1) is 0 Å². The fraction of sp³-hybridized carbons (Fsp3) is 0.750. The number of hydrogen-bond acceptors (Lipinski definition) is 5. The summed E-state index contributed by atoms with van der Waals surface area (Å²) in [6.45, 7) is 4.58. The van der Waals surface area contributed by atoms with E-state index >= 15 is 0 Å². The van der Waals surface area contributed by atoms with E-state index in [1.807, 2.05) is 0 Å². The van der Waals surface area contributed by atoms with E-state index in [0.717, 1.165) is 32.4 Å². The zero-order valence-corrected chi connectivity index (χ0v) is 19.2. The fourth-order valence-corrected chi connectivity index (χ4v) is 4.05. The van der Waals surface area contributed by atoms with Crippen LogP contribution in [0.2, 0.25) is 0 Å². The van der Waals surface area contributed by atoms with Gasteiger partial charge in [0.2, 0.25) is 0 Å². The highest BCUT2D eigenvalue weighted by Gasteiger charge is 2.39. The van der Waals surface area contributed by atoms with Crippen molar-refractivity contribution in [1.82, 2.24) is 5.32 Å². The molecule has 29 heavy (non-hydrogen) atoms. The van der Waals surface area contributed by atoms with Gasteiger partial charge in [0, 0.05) is 46.9 Å². The SMILES string of the molecule is CCCCCCCCC(CCc1ccccc1CNCCN)C(OC)(OC)OC. The lowest BCUT2D eigenvalue weighted by molar-refractivity contribution is -0.380. The molecular formula is C24H44N2O3. The van der Waals surface area contributed by atoms with Gasteiger partial charge in [0.1, 0.15) is 0 Å². The molecule has 0 aliphatic heterocycles. The van der Waals surface area contributed by atoms with Crippen LogP contribution in [0.1, 0.15) is 69.4 Å². The number of rotatable bonds is 18. The molecule has 5 nitrogen and oxygen atoms in total. The van der Waals surface area contributed by atoms with Gasteiger partial charge < -0.3 is 25.3 Å². The first-order valence-electron chi connectivity index (χ1n) is 11.3. The normalized spacial score (nSPS) is 13.0. The molecule has 1 unspecified atom stereocenters. The summed E-state index contributed by atoms with van der Waals surface area (Å²) in [5, 5.41) is 3.40. The van der Waals surface area contributed by atoms with Crippen molar-refractivity contribution in [2.45, 2.75) is 77.2 Å². The summed E-state index contributed by atoms with van der Waals surface area (Å²) in [4.78, 5) is 0. The first-order chi connectivity index (χ1) is 14.2. The van der Waals surface area contributed by atoms with E-state index in [4.69, 9.17) is 19.9 Å². The summed E-state index contributed by atoms with van der Waals surface area (Å²) in [6.07, 6.45) is 10.6. The number of unbranched alkanes of at least 4 members (excludes halogenated alkanes) is 5. The summed E-state index contributed by atoms with van der Waals surface area (Å²) in [5.41, 5.74) is 8.30. The zero-order valence-electron chi connectivity index (χ0n) is 19.2. The lowest BCUT2D eigenvalue weighted by Crippen LogP contribution is -2.44. The molecule has 168 valence electrons. The van der Waals surface area contributed by atoms with E-state index in [0.29, 0.717) is 6.54 Å². The molecule has 0 amide bonds. The molecule has 0 bridgehead atoms. The highest BCUT2D eigenvalue weighted by molar-refractivity contribution is 5.27. The summed E-state index contributed by atoms with van der Waals surface area (Å²) in [6, 6.07) is 8.62. The number of methoxy groups -OCH3 is 3. The van der Waals surface area contributed by atoms with Crippen LogP contribution in [0.25, 0.3) is 0 Å². The van der Waals surface area contributed by atoms with Gasteiger partial charge in [-0.15, -0.1) is 0 Å². The Bertz CT molecular complexity index is 512. The number of nitrogens with two attached hydrogens (primary N) is 1.